The molecule has 0 aliphatic carbocycles. The average molecular weight is 411 g/mol. The topological polar surface area (TPSA) is 76.3 Å². The molecule has 0 amide bonds. The van der Waals surface area contributed by atoms with Crippen LogP contribution in [0.2, 0.25) is 0 Å². The number of hydrogen-bond acceptors (Lipinski definition) is 3. The second-order valence-corrected chi connectivity index (χ2v) is 7.40. The molecule has 0 atom stereocenters. The Balaban J connectivity index is 1.48. The fourth-order valence-electron chi connectivity index (χ4n) is 3.29. The zero-order valence-electron chi connectivity index (χ0n) is 17.2. The van der Waals surface area contributed by atoms with E-state index in [4.69, 9.17) is 0 Å². The van der Waals surface area contributed by atoms with E-state index >= 15 is 0 Å². The van der Waals surface area contributed by atoms with E-state index in [0.717, 1.165) is 11.4 Å². The Morgan fingerprint density at radius 1 is 0.742 bits per heavy atom. The molecule has 0 saturated carbocycles. The number of benzene rings is 2. The van der Waals surface area contributed by atoms with Crippen molar-refractivity contribution < 1.29 is 9.13 Å². The number of aromatic nitrogens is 7. The first-order valence-corrected chi connectivity index (χ1v) is 9.87. The van der Waals surface area contributed by atoms with Crippen LogP contribution in [0.25, 0.3) is 23.3 Å². The van der Waals surface area contributed by atoms with E-state index in [-0.39, 0.29) is 0 Å². The lowest BCUT2D eigenvalue weighted by molar-refractivity contribution is -0.615. The van der Waals surface area contributed by atoms with Gasteiger partial charge in [-0.05, 0) is 48.1 Å². The lowest BCUT2D eigenvalue weighted by Gasteiger charge is -1.99. The molecule has 8 heteroatoms. The van der Waals surface area contributed by atoms with Crippen molar-refractivity contribution in [1.82, 2.24) is 24.1 Å². The van der Waals surface area contributed by atoms with Crippen LogP contribution < -0.4 is 14.8 Å². The second kappa shape index (κ2) is 7.49. The van der Waals surface area contributed by atoms with Gasteiger partial charge in [-0.3, -0.25) is 9.13 Å². The second-order valence-electron chi connectivity index (χ2n) is 7.40. The third-order valence-corrected chi connectivity index (χ3v) is 5.04. The molecule has 0 fully saturated rings. The van der Waals surface area contributed by atoms with Crippen LogP contribution in [-0.4, -0.2) is 24.1 Å². The Morgan fingerprint density at radius 2 is 1.26 bits per heavy atom. The quantitative estimate of drug-likeness (QED) is 0.459. The standard InChI is InChI=1S/C23H20N7O/c1-17-3-7-19(8-4-17)27-11-13-29(15-27)21-24-22(26-23(31)25-21)30-14-12-28(16-30)20-9-5-18(2)6-10-20/h3-16H,1-2H3/q+1/p+1. The normalized spacial score (nSPS) is 11.0. The summed E-state index contributed by atoms with van der Waals surface area (Å²) in [4.78, 5) is 23.5. The highest BCUT2D eigenvalue weighted by Crippen LogP contribution is 2.09. The van der Waals surface area contributed by atoms with Crippen LogP contribution in [0, 0.1) is 13.8 Å². The van der Waals surface area contributed by atoms with Crippen molar-refractivity contribution >= 4 is 0 Å². The van der Waals surface area contributed by atoms with E-state index in [1.54, 1.807) is 9.13 Å². The van der Waals surface area contributed by atoms with Crippen LogP contribution in [0.15, 0.2) is 90.8 Å². The van der Waals surface area contributed by atoms with Gasteiger partial charge in [0, 0.05) is 0 Å². The Bertz CT molecular complexity index is 1300. The first-order chi connectivity index (χ1) is 15.0. The van der Waals surface area contributed by atoms with Crippen LogP contribution in [0.4, 0.5) is 0 Å². The number of aromatic amines is 1. The SMILES string of the molecule is Cc1ccc(-n2cc[n+](-c3nc(-[n+]4ccn(-c5ccc(C)cc5)c4)[nH]c(=O)n3)c2)cc1. The zero-order chi connectivity index (χ0) is 21.4. The van der Waals surface area contributed by atoms with Gasteiger partial charge in [0.05, 0.1) is 36.2 Å². The van der Waals surface area contributed by atoms with Crippen molar-refractivity contribution in [2.75, 3.05) is 0 Å². The minimum Gasteiger partial charge on any atom is -0.254 e. The highest BCUT2D eigenvalue weighted by atomic mass is 16.1. The maximum absolute atomic E-state index is 12.2. The van der Waals surface area contributed by atoms with Crippen LogP contribution in [0.3, 0.4) is 0 Å². The van der Waals surface area contributed by atoms with Gasteiger partial charge in [-0.2, -0.15) is 9.55 Å². The summed E-state index contributed by atoms with van der Waals surface area (Å²) in [7, 11) is 0. The molecule has 0 bridgehead atoms. The average Bonchev–Trinajstić information content (AvgIpc) is 3.45. The number of hydrogen-bond donors (Lipinski definition) is 1. The predicted octanol–water partition coefficient (Wildman–Crippen LogP) is 1.92. The van der Waals surface area contributed by atoms with Gasteiger partial charge in [0.25, 0.3) is 0 Å². The number of H-pyrrole nitrogens is 1. The molecular formula is C23H21N7O+2. The van der Waals surface area contributed by atoms with Crippen molar-refractivity contribution in [1.29, 1.82) is 0 Å². The first kappa shape index (κ1) is 18.7. The van der Waals surface area contributed by atoms with Crippen molar-refractivity contribution in [3.8, 4) is 23.3 Å². The Morgan fingerprint density at radius 3 is 1.84 bits per heavy atom. The molecule has 1 N–H and O–H groups in total. The monoisotopic (exact) mass is 411 g/mol. The van der Waals surface area contributed by atoms with Gasteiger partial charge in [-0.1, -0.05) is 35.4 Å². The van der Waals surface area contributed by atoms with E-state index < -0.39 is 5.69 Å². The summed E-state index contributed by atoms with van der Waals surface area (Å²) in [6, 6.07) is 16.4. The highest BCUT2D eigenvalue weighted by molar-refractivity contribution is 5.34. The zero-order valence-corrected chi connectivity index (χ0v) is 17.2. The van der Waals surface area contributed by atoms with Gasteiger partial charge in [0.1, 0.15) is 0 Å². The molecule has 3 aromatic heterocycles. The predicted molar refractivity (Wildman–Crippen MR) is 114 cm³/mol. The van der Waals surface area contributed by atoms with E-state index in [1.807, 2.05) is 70.8 Å². The number of rotatable bonds is 4. The van der Waals surface area contributed by atoms with E-state index in [2.05, 4.69) is 53.1 Å². The van der Waals surface area contributed by atoms with Crippen LogP contribution in [0.1, 0.15) is 11.1 Å². The third-order valence-electron chi connectivity index (χ3n) is 5.04. The number of aryl methyl sites for hydroxylation is 2. The molecule has 8 nitrogen and oxygen atoms in total. The molecule has 3 heterocycles. The van der Waals surface area contributed by atoms with Gasteiger partial charge in [-0.25, -0.2) is 9.36 Å². The largest absolute Gasteiger partial charge is 0.449 e. The maximum atomic E-state index is 12.2. The molecule has 31 heavy (non-hydrogen) atoms. The molecule has 0 radical (unpaired) electrons. The van der Waals surface area contributed by atoms with Crippen LogP contribution in [0.5, 0.6) is 0 Å². The van der Waals surface area contributed by atoms with Crippen LogP contribution >= 0.6 is 0 Å². The fraction of sp³-hybridized carbons (Fsp3) is 0.0870. The summed E-state index contributed by atoms with van der Waals surface area (Å²) in [5, 5.41) is 0. The minimum absolute atomic E-state index is 0.292. The summed E-state index contributed by atoms with van der Waals surface area (Å²) in [6.07, 6.45) is 11.2. The van der Waals surface area contributed by atoms with Gasteiger partial charge >= 0.3 is 17.6 Å². The van der Waals surface area contributed by atoms with Crippen LogP contribution in [-0.2, 0) is 0 Å². The number of nitrogens with zero attached hydrogens (tertiary/aromatic N) is 6. The summed E-state index contributed by atoms with van der Waals surface area (Å²) in [5.41, 5.74) is 3.96. The van der Waals surface area contributed by atoms with E-state index in [0.29, 0.717) is 11.9 Å². The molecule has 0 unspecified atom stereocenters. The van der Waals surface area contributed by atoms with Crippen molar-refractivity contribution in [3.63, 3.8) is 0 Å². The summed E-state index contributed by atoms with van der Waals surface area (Å²) >= 11 is 0. The Kier molecular flexibility index (Phi) is 4.51. The third kappa shape index (κ3) is 3.78. The molecule has 0 saturated heterocycles. The van der Waals surface area contributed by atoms with E-state index in [9.17, 15) is 4.79 Å². The molecule has 152 valence electrons. The van der Waals surface area contributed by atoms with Gasteiger partial charge in [-0.15, -0.1) is 0 Å². The van der Waals surface area contributed by atoms with Crippen molar-refractivity contribution in [2.45, 2.75) is 13.8 Å². The molecule has 0 spiro atoms. The lowest BCUT2D eigenvalue weighted by Crippen LogP contribution is -2.40. The molecule has 0 aliphatic rings. The van der Waals surface area contributed by atoms with Gasteiger partial charge in [0.15, 0.2) is 12.7 Å². The van der Waals surface area contributed by atoms with E-state index in [1.165, 1.54) is 11.1 Å². The summed E-state index contributed by atoms with van der Waals surface area (Å²) < 4.78 is 7.38. The van der Waals surface area contributed by atoms with Gasteiger partial charge < -0.3 is 0 Å². The highest BCUT2D eigenvalue weighted by Gasteiger charge is 2.19. The number of nitrogens with one attached hydrogen (secondary N) is 1. The molecule has 0 aliphatic heterocycles. The molecule has 5 aromatic rings. The smallest absolute Gasteiger partial charge is 0.254 e. The van der Waals surface area contributed by atoms with Gasteiger partial charge in [0.2, 0.25) is 0 Å². The summed E-state index contributed by atoms with van der Waals surface area (Å²) in [5.74, 6) is 0.677. The Hall–Kier alpha value is -4.33. The van der Waals surface area contributed by atoms with Crippen molar-refractivity contribution in [3.05, 3.63) is 108 Å². The molecular weight excluding hydrogens is 390 g/mol. The fourth-order valence-corrected chi connectivity index (χ4v) is 3.29. The summed E-state index contributed by atoms with van der Waals surface area (Å²) in [6.45, 7) is 4.10. The first-order valence-electron chi connectivity index (χ1n) is 9.87. The number of imidazole rings is 2. The molecule has 5 rings (SSSR count). The van der Waals surface area contributed by atoms with Crippen molar-refractivity contribution in [2.24, 2.45) is 0 Å². The minimum atomic E-state index is -0.467. The maximum Gasteiger partial charge on any atom is 0.449 e. The molecule has 2 aromatic carbocycles. The Labute approximate surface area is 178 Å². The lowest BCUT2D eigenvalue weighted by atomic mass is 10.2.